The minimum atomic E-state index is -0.525. The van der Waals surface area contributed by atoms with E-state index < -0.39 is 5.54 Å². The molecule has 0 aromatic rings. The molecule has 2 rings (SSSR count). The van der Waals surface area contributed by atoms with Gasteiger partial charge in [-0.2, -0.15) is 5.26 Å². The van der Waals surface area contributed by atoms with E-state index in [0.717, 1.165) is 29.2 Å². The summed E-state index contributed by atoms with van der Waals surface area (Å²) in [4.78, 5) is 5.25. The standard InChI is InChI=1S/C15H21N3S/c1-13(2)8-12(19)17-11(13)6-10-7-14(3,4)15(5,9-16)18-10/h6,18H,7-8H2,1-5H3/b10-6+. The Morgan fingerprint density at radius 1 is 1.26 bits per heavy atom. The summed E-state index contributed by atoms with van der Waals surface area (Å²) in [5.74, 6) is 0. The molecule has 3 nitrogen and oxygen atoms in total. The second kappa shape index (κ2) is 4.14. The first-order chi connectivity index (χ1) is 8.60. The van der Waals surface area contributed by atoms with Gasteiger partial charge in [0.05, 0.1) is 6.07 Å². The fourth-order valence-electron chi connectivity index (χ4n) is 2.64. The number of rotatable bonds is 1. The zero-order valence-electron chi connectivity index (χ0n) is 12.3. The summed E-state index contributed by atoms with van der Waals surface area (Å²) in [6.07, 6.45) is 3.78. The maximum atomic E-state index is 9.39. The van der Waals surface area contributed by atoms with Crippen molar-refractivity contribution in [3.63, 3.8) is 0 Å². The second-order valence-electron chi connectivity index (χ2n) is 7.04. The predicted octanol–water partition coefficient (Wildman–Crippen LogP) is 3.37. The third kappa shape index (κ3) is 2.32. The average molecular weight is 275 g/mol. The zero-order chi connectivity index (χ0) is 14.5. The molecular weight excluding hydrogens is 254 g/mol. The molecule has 1 N–H and O–H groups in total. The van der Waals surface area contributed by atoms with Gasteiger partial charge in [0.1, 0.15) is 10.5 Å². The van der Waals surface area contributed by atoms with Gasteiger partial charge in [-0.15, -0.1) is 0 Å². The summed E-state index contributed by atoms with van der Waals surface area (Å²) < 4.78 is 0. The molecule has 19 heavy (non-hydrogen) atoms. The third-order valence-electron chi connectivity index (χ3n) is 4.46. The van der Waals surface area contributed by atoms with Crippen LogP contribution in [0.15, 0.2) is 16.8 Å². The molecule has 2 aliphatic rings. The molecule has 0 radical (unpaired) electrons. The van der Waals surface area contributed by atoms with Crippen molar-refractivity contribution in [2.75, 3.05) is 0 Å². The summed E-state index contributed by atoms with van der Waals surface area (Å²) >= 11 is 5.21. The minimum Gasteiger partial charge on any atom is -0.370 e. The lowest BCUT2D eigenvalue weighted by Crippen LogP contribution is -2.44. The highest BCUT2D eigenvalue weighted by atomic mass is 32.1. The fraction of sp³-hybridized carbons (Fsp3) is 0.667. The van der Waals surface area contributed by atoms with Gasteiger partial charge in [0.2, 0.25) is 0 Å². The van der Waals surface area contributed by atoms with Crippen LogP contribution >= 0.6 is 12.2 Å². The van der Waals surface area contributed by atoms with Crippen LogP contribution in [0.5, 0.6) is 0 Å². The Labute approximate surface area is 120 Å². The lowest BCUT2D eigenvalue weighted by atomic mass is 9.75. The molecule has 1 atom stereocenters. The van der Waals surface area contributed by atoms with Crippen molar-refractivity contribution in [2.24, 2.45) is 15.8 Å². The molecule has 102 valence electrons. The van der Waals surface area contributed by atoms with Gasteiger partial charge in [0, 0.05) is 28.7 Å². The molecular formula is C15H21N3S. The first-order valence-electron chi connectivity index (χ1n) is 6.62. The van der Waals surface area contributed by atoms with E-state index in [0.29, 0.717) is 0 Å². The van der Waals surface area contributed by atoms with E-state index >= 15 is 0 Å². The van der Waals surface area contributed by atoms with E-state index in [-0.39, 0.29) is 10.8 Å². The second-order valence-corrected chi connectivity index (χ2v) is 7.51. The van der Waals surface area contributed by atoms with Gasteiger partial charge in [-0.3, -0.25) is 0 Å². The largest absolute Gasteiger partial charge is 0.370 e. The molecule has 0 aliphatic carbocycles. The topological polar surface area (TPSA) is 48.2 Å². The molecule has 0 saturated carbocycles. The molecule has 1 unspecified atom stereocenters. The van der Waals surface area contributed by atoms with Crippen LogP contribution in [0, 0.1) is 22.2 Å². The Morgan fingerprint density at radius 2 is 1.89 bits per heavy atom. The van der Waals surface area contributed by atoms with Crippen molar-refractivity contribution in [1.29, 1.82) is 5.26 Å². The van der Waals surface area contributed by atoms with E-state index in [1.807, 2.05) is 6.92 Å². The Kier molecular flexibility index (Phi) is 3.10. The number of hydrogen-bond donors (Lipinski definition) is 1. The fourth-order valence-corrected chi connectivity index (χ4v) is 3.10. The van der Waals surface area contributed by atoms with Crippen molar-refractivity contribution in [3.8, 4) is 6.07 Å². The quantitative estimate of drug-likeness (QED) is 0.746. The number of nitriles is 1. The molecule has 1 fully saturated rings. The number of allylic oxidation sites excluding steroid dienone is 2. The van der Waals surface area contributed by atoms with E-state index in [9.17, 15) is 5.26 Å². The summed E-state index contributed by atoms with van der Waals surface area (Å²) in [5.41, 5.74) is 1.50. The monoisotopic (exact) mass is 275 g/mol. The summed E-state index contributed by atoms with van der Waals surface area (Å²) in [7, 11) is 0. The number of nitrogens with one attached hydrogen (secondary N) is 1. The van der Waals surface area contributed by atoms with Gasteiger partial charge in [-0.1, -0.05) is 39.9 Å². The maximum absolute atomic E-state index is 9.39. The lowest BCUT2D eigenvalue weighted by Gasteiger charge is -2.30. The van der Waals surface area contributed by atoms with Crippen molar-refractivity contribution in [3.05, 3.63) is 11.8 Å². The summed E-state index contributed by atoms with van der Waals surface area (Å²) in [6.45, 7) is 10.5. The van der Waals surface area contributed by atoms with Gasteiger partial charge in [0.25, 0.3) is 0 Å². The Balaban J connectivity index is 2.32. The molecule has 0 aromatic carbocycles. The summed E-state index contributed by atoms with van der Waals surface area (Å²) in [5, 5.41) is 12.8. The minimum absolute atomic E-state index is 0.00153. The van der Waals surface area contributed by atoms with Crippen molar-refractivity contribution in [1.82, 2.24) is 5.32 Å². The molecule has 0 aromatic heterocycles. The third-order valence-corrected chi connectivity index (χ3v) is 4.70. The highest BCUT2D eigenvalue weighted by molar-refractivity contribution is 7.80. The van der Waals surface area contributed by atoms with Crippen molar-refractivity contribution < 1.29 is 0 Å². The lowest BCUT2D eigenvalue weighted by molar-refractivity contribution is 0.264. The van der Waals surface area contributed by atoms with Crippen molar-refractivity contribution >= 4 is 22.9 Å². The normalized spacial score (nSPS) is 34.0. The van der Waals surface area contributed by atoms with Crippen molar-refractivity contribution in [2.45, 2.75) is 53.0 Å². The highest BCUT2D eigenvalue weighted by Crippen LogP contribution is 2.43. The number of nitrogens with zero attached hydrogens (tertiary/aromatic N) is 2. The van der Waals surface area contributed by atoms with Crippen LogP contribution in [0.1, 0.15) is 47.5 Å². The van der Waals surface area contributed by atoms with Crippen LogP contribution in [0.4, 0.5) is 0 Å². The van der Waals surface area contributed by atoms with Crippen LogP contribution in [0.25, 0.3) is 0 Å². The van der Waals surface area contributed by atoms with E-state index in [1.54, 1.807) is 0 Å². The molecule has 0 spiro atoms. The Hall–Kier alpha value is -1.21. The van der Waals surface area contributed by atoms with Gasteiger partial charge >= 0.3 is 0 Å². The molecule has 0 amide bonds. The van der Waals surface area contributed by atoms with Gasteiger partial charge in [-0.05, 0) is 19.4 Å². The van der Waals surface area contributed by atoms with E-state index in [4.69, 9.17) is 12.2 Å². The van der Waals surface area contributed by atoms with E-state index in [1.165, 1.54) is 0 Å². The maximum Gasteiger partial charge on any atom is 0.127 e. The van der Waals surface area contributed by atoms with Crippen LogP contribution in [-0.4, -0.2) is 16.2 Å². The first-order valence-corrected chi connectivity index (χ1v) is 7.02. The molecule has 4 heteroatoms. The van der Waals surface area contributed by atoms with Crippen LogP contribution in [0.2, 0.25) is 0 Å². The first kappa shape index (κ1) is 14.2. The number of thiocarbonyl (C=S) groups is 1. The number of aliphatic imine (C=N–C) groups is 1. The number of hydrogen-bond acceptors (Lipinski definition) is 3. The van der Waals surface area contributed by atoms with E-state index in [2.05, 4.69) is 50.1 Å². The molecule has 0 bridgehead atoms. The van der Waals surface area contributed by atoms with Crippen LogP contribution < -0.4 is 5.32 Å². The molecule has 1 saturated heterocycles. The van der Waals surface area contributed by atoms with Crippen LogP contribution in [0.3, 0.4) is 0 Å². The Bertz CT molecular complexity index is 534. The SMILES string of the molecule is CC1(C)CC(=S)N=C1/C=C1\CC(C)(C)C(C)(C#N)N1. The average Bonchev–Trinajstić information content (AvgIpc) is 2.62. The van der Waals surface area contributed by atoms with Gasteiger partial charge in [0.15, 0.2) is 0 Å². The predicted molar refractivity (Wildman–Crippen MR) is 82.1 cm³/mol. The van der Waals surface area contributed by atoms with Gasteiger partial charge < -0.3 is 5.32 Å². The highest BCUT2D eigenvalue weighted by Gasteiger charge is 2.48. The Morgan fingerprint density at radius 3 is 2.32 bits per heavy atom. The molecule has 2 aliphatic heterocycles. The zero-order valence-corrected chi connectivity index (χ0v) is 13.1. The smallest absolute Gasteiger partial charge is 0.127 e. The van der Waals surface area contributed by atoms with Crippen LogP contribution in [-0.2, 0) is 0 Å². The molecule has 2 heterocycles. The van der Waals surface area contributed by atoms with Gasteiger partial charge in [-0.25, -0.2) is 4.99 Å². The summed E-state index contributed by atoms with van der Waals surface area (Å²) in [6, 6.07) is 2.40.